The molecule has 7 nitrogen and oxygen atoms in total. The molecule has 0 radical (unpaired) electrons. The van der Waals surface area contributed by atoms with E-state index in [1.807, 2.05) is 13.0 Å². The molecule has 3 rings (SSSR count). The van der Waals surface area contributed by atoms with Crippen molar-refractivity contribution in [3.8, 4) is 5.75 Å². The van der Waals surface area contributed by atoms with Gasteiger partial charge in [0.2, 0.25) is 5.91 Å². The molecule has 1 aromatic carbocycles. The third-order valence-electron chi connectivity index (χ3n) is 5.05. The van der Waals surface area contributed by atoms with Gasteiger partial charge in [0.1, 0.15) is 17.9 Å². The molecule has 2 heterocycles. The monoisotopic (exact) mass is 423 g/mol. The number of benzene rings is 1. The van der Waals surface area contributed by atoms with Gasteiger partial charge in [0, 0.05) is 31.6 Å². The van der Waals surface area contributed by atoms with Gasteiger partial charge in [-0.1, -0.05) is 16.3 Å². The van der Waals surface area contributed by atoms with Gasteiger partial charge in [-0.15, -0.1) is 0 Å². The van der Waals surface area contributed by atoms with Crippen LogP contribution in [0.1, 0.15) is 49.0 Å². The van der Waals surface area contributed by atoms with E-state index in [1.165, 1.54) is 0 Å². The van der Waals surface area contributed by atoms with Gasteiger partial charge in [0.05, 0.1) is 0 Å². The Bertz CT molecular complexity index is 788. The Morgan fingerprint density at radius 1 is 1.32 bits per heavy atom. The van der Waals surface area contributed by atoms with Crippen LogP contribution in [0.3, 0.4) is 0 Å². The summed E-state index contributed by atoms with van der Waals surface area (Å²) < 4.78 is 9.21. The van der Waals surface area contributed by atoms with Gasteiger partial charge in [-0.3, -0.25) is 23.7 Å². The second-order valence-corrected chi connectivity index (χ2v) is 8.58. The average molecular weight is 423 g/mol. The molecule has 0 aliphatic carbocycles. The highest BCUT2D eigenvalue weighted by atomic mass is 31.0. The molecule has 3 unspecified atom stereocenters. The second kappa shape index (κ2) is 8.86. The van der Waals surface area contributed by atoms with Crippen LogP contribution in [0.4, 0.5) is 0 Å². The Morgan fingerprint density at radius 2 is 2.07 bits per heavy atom. The zero-order valence-corrected chi connectivity index (χ0v) is 18.6. The molecule has 0 bridgehead atoms. The van der Waals surface area contributed by atoms with E-state index in [0.29, 0.717) is 24.3 Å². The van der Waals surface area contributed by atoms with Crippen molar-refractivity contribution >= 4 is 36.5 Å². The molecular weight excluding hydrogens is 396 g/mol. The molecule has 4 atom stereocenters. The number of rotatable bonds is 7. The first-order valence-corrected chi connectivity index (χ1v) is 10.6. The van der Waals surface area contributed by atoms with Gasteiger partial charge >= 0.3 is 0 Å². The summed E-state index contributed by atoms with van der Waals surface area (Å²) >= 11 is 0. The van der Waals surface area contributed by atoms with E-state index in [4.69, 9.17) is 4.74 Å². The lowest BCUT2D eigenvalue weighted by Crippen LogP contribution is -2.51. The lowest BCUT2D eigenvalue weighted by atomic mass is 10.0. The fourth-order valence-electron chi connectivity index (χ4n) is 3.70. The van der Waals surface area contributed by atoms with E-state index in [2.05, 4.69) is 30.4 Å². The van der Waals surface area contributed by atoms with Crippen LogP contribution in [0.15, 0.2) is 18.2 Å². The highest BCUT2D eigenvalue weighted by molar-refractivity contribution is 7.16. The van der Waals surface area contributed by atoms with Crippen LogP contribution in [0.25, 0.3) is 0 Å². The van der Waals surface area contributed by atoms with E-state index < -0.39 is 6.04 Å². The Balaban J connectivity index is 1.69. The second-order valence-electron chi connectivity index (χ2n) is 7.33. The molecule has 2 aliphatic heterocycles. The van der Waals surface area contributed by atoms with Crippen molar-refractivity contribution in [2.75, 3.05) is 13.1 Å². The summed E-state index contributed by atoms with van der Waals surface area (Å²) in [5, 5.41) is 0. The highest BCUT2D eigenvalue weighted by Gasteiger charge is 2.41. The van der Waals surface area contributed by atoms with Gasteiger partial charge in [-0.25, -0.2) is 0 Å². The van der Waals surface area contributed by atoms with Gasteiger partial charge in [-0.05, 0) is 52.9 Å². The van der Waals surface area contributed by atoms with Crippen molar-refractivity contribution in [2.24, 2.45) is 0 Å². The third-order valence-corrected chi connectivity index (χ3v) is 6.06. The molecule has 0 spiro atoms. The predicted octanol–water partition coefficient (Wildman–Crippen LogP) is 2.22. The van der Waals surface area contributed by atoms with Crippen LogP contribution in [0, 0.1) is 0 Å². The lowest BCUT2D eigenvalue weighted by molar-refractivity contribution is -0.145. The van der Waals surface area contributed by atoms with Crippen LogP contribution < -0.4 is 4.74 Å². The fraction of sp³-hybridized carbons (Fsp3) is 0.526. The molecule has 0 aromatic heterocycles. The summed E-state index contributed by atoms with van der Waals surface area (Å²) in [7, 11) is 4.87. The Kier molecular flexibility index (Phi) is 6.69. The number of amides is 3. The molecule has 152 valence electrons. The molecule has 0 N–H and O–H groups in total. The molecule has 0 saturated carbocycles. The number of fused-ring (bicyclic) bond motifs is 1. The maximum absolute atomic E-state index is 12.8. The van der Waals surface area contributed by atoms with E-state index in [0.717, 1.165) is 29.7 Å². The van der Waals surface area contributed by atoms with Crippen molar-refractivity contribution in [2.45, 2.75) is 51.8 Å². The topological polar surface area (TPSA) is 70.2 Å². The fourth-order valence-corrected chi connectivity index (χ4v) is 4.56. The summed E-state index contributed by atoms with van der Waals surface area (Å²) in [5.41, 5.74) is 1.45. The van der Waals surface area contributed by atoms with Crippen LogP contribution in [0.2, 0.25) is 0 Å². The minimum atomic E-state index is -0.599. The summed E-state index contributed by atoms with van der Waals surface area (Å²) in [4.78, 5) is 38.5. The molecule has 3 amide bonds. The van der Waals surface area contributed by atoms with Gasteiger partial charge < -0.3 is 9.64 Å². The van der Waals surface area contributed by atoms with Gasteiger partial charge in [0.25, 0.3) is 11.8 Å². The quantitative estimate of drug-likeness (QED) is 0.497. The summed E-state index contributed by atoms with van der Waals surface area (Å²) in [6.07, 6.45) is 1.71. The van der Waals surface area contributed by atoms with Crippen molar-refractivity contribution in [3.63, 3.8) is 0 Å². The van der Waals surface area contributed by atoms with E-state index >= 15 is 0 Å². The van der Waals surface area contributed by atoms with Crippen molar-refractivity contribution in [3.05, 3.63) is 29.3 Å². The Morgan fingerprint density at radius 3 is 2.79 bits per heavy atom. The molecule has 9 heteroatoms. The predicted molar refractivity (Wildman–Crippen MR) is 113 cm³/mol. The third kappa shape index (κ3) is 4.37. The maximum atomic E-state index is 12.8. The van der Waals surface area contributed by atoms with Crippen molar-refractivity contribution in [1.82, 2.24) is 14.2 Å². The summed E-state index contributed by atoms with van der Waals surface area (Å²) in [6.45, 7) is 6.28. The first-order chi connectivity index (χ1) is 13.3. The molecule has 28 heavy (non-hydrogen) atoms. The molecular formula is C19H27N3O4P2. The van der Waals surface area contributed by atoms with Crippen LogP contribution in [-0.2, 0) is 16.1 Å². The standard InChI is InChI=1S/C19H27N3O4P2/c1-3-8-20(27)10-12(2)26-14-4-5-15-13(9-14)11-21(18(15)24)16-6-7-17(23)22(28)19(16)25/h4-5,9,12,16H,3,6-8,10-11,27-28H2,1-2H3/t12-,16?/m1/s1. The highest BCUT2D eigenvalue weighted by Crippen LogP contribution is 2.32. The number of nitrogens with zero attached hydrogens (tertiary/aromatic N) is 3. The summed E-state index contributed by atoms with van der Waals surface area (Å²) in [6, 6.07) is 4.85. The number of imide groups is 1. The molecule has 1 aromatic rings. The molecule has 1 fully saturated rings. The van der Waals surface area contributed by atoms with Crippen LogP contribution in [0.5, 0.6) is 5.75 Å². The number of piperidine rings is 1. The van der Waals surface area contributed by atoms with E-state index in [1.54, 1.807) is 17.0 Å². The number of carbonyl (C=O) groups excluding carboxylic acids is 3. The molecule has 2 aliphatic rings. The number of carbonyl (C=O) groups is 3. The SMILES string of the molecule is CCCN(P)C[C@@H](C)Oc1ccc2c(c1)CN(C1CCC(=O)N(P)C1=O)C2=O. The number of hydrogen-bond donors (Lipinski definition) is 0. The van der Waals surface area contributed by atoms with E-state index in [9.17, 15) is 14.4 Å². The number of ether oxygens (including phenoxy) is 1. The van der Waals surface area contributed by atoms with Gasteiger partial charge in [0.15, 0.2) is 0 Å². The summed E-state index contributed by atoms with van der Waals surface area (Å²) in [5.74, 6) is -0.0244. The van der Waals surface area contributed by atoms with Crippen LogP contribution in [-0.4, -0.2) is 57.2 Å². The Labute approximate surface area is 170 Å². The average Bonchev–Trinajstić information content (AvgIpc) is 2.96. The van der Waals surface area contributed by atoms with Crippen LogP contribution >= 0.6 is 18.8 Å². The molecule has 1 saturated heterocycles. The largest absolute Gasteiger partial charge is 0.489 e. The first kappa shape index (κ1) is 21.2. The minimum absolute atomic E-state index is 0.00640. The zero-order chi connectivity index (χ0) is 20.4. The smallest absolute Gasteiger partial charge is 0.255 e. The lowest BCUT2D eigenvalue weighted by Gasteiger charge is -2.33. The number of hydrogen-bond acceptors (Lipinski definition) is 5. The van der Waals surface area contributed by atoms with Crippen molar-refractivity contribution < 1.29 is 19.1 Å². The van der Waals surface area contributed by atoms with Gasteiger partial charge in [-0.2, -0.15) is 0 Å². The van der Waals surface area contributed by atoms with Crippen molar-refractivity contribution in [1.29, 1.82) is 0 Å². The Hall–Kier alpha value is -1.55. The normalized spacial score (nSPS) is 20.8. The van der Waals surface area contributed by atoms with E-state index in [-0.39, 0.29) is 30.2 Å². The first-order valence-electron chi connectivity index (χ1n) is 9.53. The minimum Gasteiger partial charge on any atom is -0.489 e. The zero-order valence-electron chi connectivity index (χ0n) is 16.3. The maximum Gasteiger partial charge on any atom is 0.255 e.